The Morgan fingerprint density at radius 2 is 2.33 bits per heavy atom. The fourth-order valence-corrected chi connectivity index (χ4v) is 2.58. The van der Waals surface area contributed by atoms with E-state index in [0.29, 0.717) is 11.6 Å². The zero-order chi connectivity index (χ0) is 14.7. The van der Waals surface area contributed by atoms with Gasteiger partial charge in [0.25, 0.3) is 0 Å². The number of nitrogens with zero attached hydrogens (tertiary/aromatic N) is 4. The molecule has 1 atom stereocenters. The number of pyridine rings is 1. The highest BCUT2D eigenvalue weighted by Gasteiger charge is 2.20. The standard InChI is InChI=1S/C15H19N5O/c1-12-4-2-8-19(11-12)15(21)18-13-5-6-14(16-10-13)20-9-3-7-17-20/h3,5-7,9-10,12H,2,4,8,11H2,1H3,(H,18,21)/t12-/m0/s1. The molecular formula is C15H19N5O. The Kier molecular flexibility index (Phi) is 3.85. The average molecular weight is 285 g/mol. The maximum atomic E-state index is 12.2. The van der Waals surface area contributed by atoms with Crippen LogP contribution in [0.5, 0.6) is 0 Å². The average Bonchev–Trinajstić information content (AvgIpc) is 3.02. The van der Waals surface area contributed by atoms with Gasteiger partial charge in [-0.2, -0.15) is 5.10 Å². The van der Waals surface area contributed by atoms with Gasteiger partial charge in [-0.05, 0) is 37.0 Å². The lowest BCUT2D eigenvalue weighted by Gasteiger charge is -2.30. The van der Waals surface area contributed by atoms with E-state index in [4.69, 9.17) is 0 Å². The smallest absolute Gasteiger partial charge is 0.321 e. The van der Waals surface area contributed by atoms with Crippen LogP contribution in [0, 0.1) is 5.92 Å². The number of anilines is 1. The Morgan fingerprint density at radius 1 is 1.43 bits per heavy atom. The second kappa shape index (κ2) is 5.95. The van der Waals surface area contributed by atoms with Crippen molar-refractivity contribution in [1.29, 1.82) is 0 Å². The number of aromatic nitrogens is 3. The van der Waals surface area contributed by atoms with Gasteiger partial charge in [0.1, 0.15) is 0 Å². The van der Waals surface area contributed by atoms with Crippen molar-refractivity contribution in [2.24, 2.45) is 5.92 Å². The summed E-state index contributed by atoms with van der Waals surface area (Å²) in [6, 6.07) is 5.47. The van der Waals surface area contributed by atoms with Crippen LogP contribution in [0.3, 0.4) is 0 Å². The van der Waals surface area contributed by atoms with E-state index in [9.17, 15) is 4.79 Å². The summed E-state index contributed by atoms with van der Waals surface area (Å²) < 4.78 is 1.68. The molecule has 0 radical (unpaired) electrons. The molecule has 0 spiro atoms. The predicted octanol–water partition coefficient (Wildman–Crippen LogP) is 2.53. The summed E-state index contributed by atoms with van der Waals surface area (Å²) in [5.74, 6) is 1.30. The largest absolute Gasteiger partial charge is 0.324 e. The van der Waals surface area contributed by atoms with E-state index in [1.807, 2.05) is 29.3 Å². The normalized spacial score (nSPS) is 18.5. The first-order chi connectivity index (χ1) is 10.2. The van der Waals surface area contributed by atoms with E-state index in [2.05, 4.69) is 22.3 Å². The van der Waals surface area contributed by atoms with Gasteiger partial charge in [0.05, 0.1) is 11.9 Å². The van der Waals surface area contributed by atoms with Crippen molar-refractivity contribution < 1.29 is 4.79 Å². The Morgan fingerprint density at radius 3 is 3.00 bits per heavy atom. The minimum absolute atomic E-state index is 0.0461. The van der Waals surface area contributed by atoms with Crippen LogP contribution in [0.4, 0.5) is 10.5 Å². The molecule has 0 unspecified atom stereocenters. The van der Waals surface area contributed by atoms with Crippen molar-refractivity contribution in [3.63, 3.8) is 0 Å². The van der Waals surface area contributed by atoms with E-state index in [1.165, 1.54) is 6.42 Å². The maximum Gasteiger partial charge on any atom is 0.321 e. The molecule has 0 aromatic carbocycles. The lowest BCUT2D eigenvalue weighted by Crippen LogP contribution is -2.41. The fraction of sp³-hybridized carbons (Fsp3) is 0.400. The van der Waals surface area contributed by atoms with Crippen LogP contribution in [-0.2, 0) is 0 Å². The summed E-state index contributed by atoms with van der Waals surface area (Å²) in [5.41, 5.74) is 0.703. The lowest BCUT2D eigenvalue weighted by atomic mass is 10.0. The number of urea groups is 1. The SMILES string of the molecule is C[C@H]1CCCN(C(=O)Nc2ccc(-n3cccn3)nc2)C1. The number of hydrogen-bond donors (Lipinski definition) is 1. The maximum absolute atomic E-state index is 12.2. The van der Waals surface area contributed by atoms with Crippen LogP contribution in [0.1, 0.15) is 19.8 Å². The molecule has 2 aromatic rings. The summed E-state index contributed by atoms with van der Waals surface area (Å²) >= 11 is 0. The Labute approximate surface area is 123 Å². The summed E-state index contributed by atoms with van der Waals surface area (Å²) in [7, 11) is 0. The molecule has 1 saturated heterocycles. The topological polar surface area (TPSA) is 63.1 Å². The van der Waals surface area contributed by atoms with Gasteiger partial charge in [0, 0.05) is 25.5 Å². The van der Waals surface area contributed by atoms with Gasteiger partial charge in [0.15, 0.2) is 5.82 Å². The predicted molar refractivity (Wildman–Crippen MR) is 80.3 cm³/mol. The number of rotatable bonds is 2. The van der Waals surface area contributed by atoms with Crippen molar-refractivity contribution >= 4 is 11.7 Å². The molecule has 3 heterocycles. The summed E-state index contributed by atoms with van der Waals surface area (Å²) in [6.45, 7) is 3.83. The van der Waals surface area contributed by atoms with E-state index < -0.39 is 0 Å². The number of carbonyl (C=O) groups is 1. The molecule has 1 aliphatic rings. The number of amides is 2. The molecule has 0 saturated carbocycles. The molecule has 1 fully saturated rings. The minimum atomic E-state index is -0.0461. The minimum Gasteiger partial charge on any atom is -0.324 e. The quantitative estimate of drug-likeness (QED) is 0.922. The first-order valence-electron chi connectivity index (χ1n) is 7.24. The van der Waals surface area contributed by atoms with Crippen LogP contribution in [0.15, 0.2) is 36.8 Å². The van der Waals surface area contributed by atoms with E-state index in [0.717, 1.165) is 25.3 Å². The third-order valence-corrected chi connectivity index (χ3v) is 3.68. The highest BCUT2D eigenvalue weighted by Crippen LogP contribution is 2.17. The van der Waals surface area contributed by atoms with Crippen LogP contribution in [-0.4, -0.2) is 38.8 Å². The van der Waals surface area contributed by atoms with Crippen LogP contribution < -0.4 is 5.32 Å². The van der Waals surface area contributed by atoms with Crippen molar-refractivity contribution in [2.45, 2.75) is 19.8 Å². The third-order valence-electron chi connectivity index (χ3n) is 3.68. The second-order valence-electron chi connectivity index (χ2n) is 5.48. The number of hydrogen-bond acceptors (Lipinski definition) is 3. The van der Waals surface area contributed by atoms with Gasteiger partial charge >= 0.3 is 6.03 Å². The van der Waals surface area contributed by atoms with Gasteiger partial charge < -0.3 is 10.2 Å². The molecule has 0 bridgehead atoms. The summed E-state index contributed by atoms with van der Waals surface area (Å²) in [4.78, 5) is 18.4. The van der Waals surface area contributed by atoms with Crippen molar-refractivity contribution in [2.75, 3.05) is 18.4 Å². The van der Waals surface area contributed by atoms with Crippen LogP contribution in [0.2, 0.25) is 0 Å². The molecule has 1 N–H and O–H groups in total. The van der Waals surface area contributed by atoms with Gasteiger partial charge in [-0.1, -0.05) is 6.92 Å². The first kappa shape index (κ1) is 13.6. The number of likely N-dealkylation sites (tertiary alicyclic amines) is 1. The number of nitrogens with one attached hydrogen (secondary N) is 1. The molecule has 6 heteroatoms. The fourth-order valence-electron chi connectivity index (χ4n) is 2.58. The van der Waals surface area contributed by atoms with E-state index >= 15 is 0 Å². The number of piperidine rings is 1. The van der Waals surface area contributed by atoms with Gasteiger partial charge in [-0.3, -0.25) is 0 Å². The van der Waals surface area contributed by atoms with Crippen molar-refractivity contribution in [3.8, 4) is 5.82 Å². The Hall–Kier alpha value is -2.37. The van der Waals surface area contributed by atoms with E-state index in [-0.39, 0.29) is 6.03 Å². The summed E-state index contributed by atoms with van der Waals surface area (Å²) in [5, 5.41) is 7.02. The van der Waals surface area contributed by atoms with Gasteiger partial charge in [-0.25, -0.2) is 14.5 Å². The molecule has 6 nitrogen and oxygen atoms in total. The first-order valence-corrected chi connectivity index (χ1v) is 7.24. The van der Waals surface area contributed by atoms with Crippen molar-refractivity contribution in [1.82, 2.24) is 19.7 Å². The molecule has 2 amide bonds. The summed E-state index contributed by atoms with van der Waals surface area (Å²) in [6.07, 6.45) is 7.46. The van der Waals surface area contributed by atoms with E-state index in [1.54, 1.807) is 17.1 Å². The third kappa shape index (κ3) is 3.21. The monoisotopic (exact) mass is 285 g/mol. The molecule has 0 aliphatic carbocycles. The highest BCUT2D eigenvalue weighted by atomic mass is 16.2. The highest BCUT2D eigenvalue weighted by molar-refractivity contribution is 5.89. The molecule has 1 aliphatic heterocycles. The zero-order valence-electron chi connectivity index (χ0n) is 12.1. The Bertz CT molecular complexity index is 593. The second-order valence-corrected chi connectivity index (χ2v) is 5.48. The van der Waals surface area contributed by atoms with Crippen LogP contribution >= 0.6 is 0 Å². The molecule has 3 rings (SSSR count). The molecular weight excluding hydrogens is 266 g/mol. The van der Waals surface area contributed by atoms with Crippen LogP contribution in [0.25, 0.3) is 5.82 Å². The molecule has 110 valence electrons. The van der Waals surface area contributed by atoms with Gasteiger partial charge in [-0.15, -0.1) is 0 Å². The lowest BCUT2D eigenvalue weighted by molar-refractivity contribution is 0.182. The number of carbonyl (C=O) groups excluding carboxylic acids is 1. The molecule has 21 heavy (non-hydrogen) atoms. The Balaban J connectivity index is 1.63. The van der Waals surface area contributed by atoms with Gasteiger partial charge in [0.2, 0.25) is 0 Å². The van der Waals surface area contributed by atoms with Crippen molar-refractivity contribution in [3.05, 3.63) is 36.8 Å². The zero-order valence-corrected chi connectivity index (χ0v) is 12.1. The molecule has 2 aromatic heterocycles.